The molecule has 1 atom stereocenters. The zero-order valence-electron chi connectivity index (χ0n) is 12.8. The van der Waals surface area contributed by atoms with E-state index in [-0.39, 0.29) is 6.04 Å². The van der Waals surface area contributed by atoms with E-state index in [1.807, 2.05) is 18.2 Å². The van der Waals surface area contributed by atoms with E-state index in [1.165, 1.54) is 25.7 Å². The second kappa shape index (κ2) is 7.33. The van der Waals surface area contributed by atoms with Crippen LogP contribution in [-0.4, -0.2) is 12.6 Å². The molecule has 0 aromatic heterocycles. The lowest BCUT2D eigenvalue weighted by Gasteiger charge is -2.28. The van der Waals surface area contributed by atoms with Gasteiger partial charge in [0.25, 0.3) is 0 Å². The maximum atomic E-state index is 6.26. The molecule has 0 bridgehead atoms. The Kier molecular flexibility index (Phi) is 5.74. The van der Waals surface area contributed by atoms with Crippen LogP contribution >= 0.6 is 11.6 Å². The molecule has 1 aliphatic carbocycles. The summed E-state index contributed by atoms with van der Waals surface area (Å²) >= 11 is 6.14. The van der Waals surface area contributed by atoms with E-state index >= 15 is 0 Å². The van der Waals surface area contributed by atoms with Crippen molar-refractivity contribution < 1.29 is 4.74 Å². The smallest absolute Gasteiger partial charge is 0.124 e. The number of rotatable bonds is 5. The standard InChI is InChI=1S/C17H26ClNO/c1-4-19-13(3)16-11-14(18)7-10-17(16)20-15-8-5-12(2)6-9-15/h7,10-13,15,19H,4-6,8-9H2,1-3H3. The normalized spacial score (nSPS) is 24.4. The van der Waals surface area contributed by atoms with E-state index < -0.39 is 0 Å². The van der Waals surface area contributed by atoms with Gasteiger partial charge in [-0.3, -0.25) is 0 Å². The molecule has 1 unspecified atom stereocenters. The monoisotopic (exact) mass is 295 g/mol. The molecule has 112 valence electrons. The van der Waals surface area contributed by atoms with Crippen molar-refractivity contribution in [3.8, 4) is 5.75 Å². The highest BCUT2D eigenvalue weighted by Crippen LogP contribution is 2.32. The van der Waals surface area contributed by atoms with Crippen molar-refractivity contribution in [1.29, 1.82) is 0 Å². The molecule has 0 aliphatic heterocycles. The van der Waals surface area contributed by atoms with E-state index in [1.54, 1.807) is 0 Å². The summed E-state index contributed by atoms with van der Waals surface area (Å²) in [5, 5.41) is 4.21. The molecule has 3 heteroatoms. The average Bonchev–Trinajstić information content (AvgIpc) is 2.43. The van der Waals surface area contributed by atoms with Crippen LogP contribution in [0.4, 0.5) is 0 Å². The first-order valence-corrected chi connectivity index (χ1v) is 8.17. The number of halogens is 1. The molecule has 20 heavy (non-hydrogen) atoms. The van der Waals surface area contributed by atoms with Gasteiger partial charge in [-0.15, -0.1) is 0 Å². The minimum absolute atomic E-state index is 0.260. The maximum Gasteiger partial charge on any atom is 0.124 e. The van der Waals surface area contributed by atoms with Crippen molar-refractivity contribution in [2.75, 3.05) is 6.54 Å². The van der Waals surface area contributed by atoms with E-state index in [4.69, 9.17) is 16.3 Å². The van der Waals surface area contributed by atoms with Crippen molar-refractivity contribution >= 4 is 11.6 Å². The van der Waals surface area contributed by atoms with Crippen LogP contribution in [0.1, 0.15) is 58.1 Å². The van der Waals surface area contributed by atoms with Crippen LogP contribution < -0.4 is 10.1 Å². The lowest BCUT2D eigenvalue weighted by atomic mass is 9.89. The largest absolute Gasteiger partial charge is 0.490 e. The molecule has 2 rings (SSSR count). The highest BCUT2D eigenvalue weighted by molar-refractivity contribution is 6.30. The van der Waals surface area contributed by atoms with Gasteiger partial charge in [0, 0.05) is 16.6 Å². The fourth-order valence-corrected chi connectivity index (χ4v) is 3.09. The Morgan fingerprint density at radius 3 is 2.65 bits per heavy atom. The van der Waals surface area contributed by atoms with Gasteiger partial charge in [0.15, 0.2) is 0 Å². The van der Waals surface area contributed by atoms with Crippen molar-refractivity contribution in [3.63, 3.8) is 0 Å². The molecular formula is C17H26ClNO. The van der Waals surface area contributed by atoms with Crippen LogP contribution in [-0.2, 0) is 0 Å². The van der Waals surface area contributed by atoms with E-state index in [0.717, 1.165) is 28.8 Å². The van der Waals surface area contributed by atoms with Crippen LogP contribution in [0.3, 0.4) is 0 Å². The first-order chi connectivity index (χ1) is 9.60. The quantitative estimate of drug-likeness (QED) is 0.828. The maximum absolute atomic E-state index is 6.26. The Bertz CT molecular complexity index is 427. The number of hydrogen-bond acceptors (Lipinski definition) is 2. The molecule has 2 nitrogen and oxygen atoms in total. The first kappa shape index (κ1) is 15.7. The summed E-state index contributed by atoms with van der Waals surface area (Å²) in [7, 11) is 0. The van der Waals surface area contributed by atoms with Gasteiger partial charge in [0.05, 0.1) is 6.10 Å². The average molecular weight is 296 g/mol. The van der Waals surface area contributed by atoms with Crippen LogP contribution in [0.15, 0.2) is 18.2 Å². The second-order valence-corrected chi connectivity index (χ2v) is 6.40. The molecule has 1 N–H and O–H groups in total. The van der Waals surface area contributed by atoms with Crippen molar-refractivity contribution in [2.24, 2.45) is 5.92 Å². The highest BCUT2D eigenvalue weighted by atomic mass is 35.5. The van der Waals surface area contributed by atoms with Gasteiger partial charge in [-0.05, 0) is 63.3 Å². The third-order valence-corrected chi connectivity index (χ3v) is 4.44. The Labute approximate surface area is 127 Å². The molecule has 0 spiro atoms. The third-order valence-electron chi connectivity index (χ3n) is 4.21. The number of ether oxygens (including phenoxy) is 1. The summed E-state index contributed by atoms with van der Waals surface area (Å²) in [5.41, 5.74) is 1.16. The van der Waals surface area contributed by atoms with Crippen LogP contribution in [0, 0.1) is 5.92 Å². The lowest BCUT2D eigenvalue weighted by Crippen LogP contribution is -2.25. The summed E-state index contributed by atoms with van der Waals surface area (Å²) in [5.74, 6) is 1.84. The van der Waals surface area contributed by atoms with E-state index in [0.29, 0.717) is 6.10 Å². The summed E-state index contributed by atoms with van der Waals surface area (Å²) < 4.78 is 6.26. The Balaban J connectivity index is 2.10. The Morgan fingerprint density at radius 1 is 1.30 bits per heavy atom. The van der Waals surface area contributed by atoms with Crippen molar-refractivity contribution in [3.05, 3.63) is 28.8 Å². The fourth-order valence-electron chi connectivity index (χ4n) is 2.91. The van der Waals surface area contributed by atoms with Gasteiger partial charge in [0.2, 0.25) is 0 Å². The van der Waals surface area contributed by atoms with Crippen LogP contribution in [0.2, 0.25) is 5.02 Å². The van der Waals surface area contributed by atoms with Gasteiger partial charge < -0.3 is 10.1 Å². The summed E-state index contributed by atoms with van der Waals surface area (Å²) in [6.07, 6.45) is 5.24. The lowest BCUT2D eigenvalue weighted by molar-refractivity contribution is 0.133. The number of hydrogen-bond donors (Lipinski definition) is 1. The minimum Gasteiger partial charge on any atom is -0.490 e. The summed E-state index contributed by atoms with van der Waals surface area (Å²) in [6, 6.07) is 6.22. The van der Waals surface area contributed by atoms with Crippen LogP contribution in [0.5, 0.6) is 5.75 Å². The molecule has 1 aromatic rings. The molecule has 0 heterocycles. The first-order valence-electron chi connectivity index (χ1n) is 7.79. The molecule has 1 aromatic carbocycles. The van der Waals surface area contributed by atoms with E-state index in [2.05, 4.69) is 26.1 Å². The van der Waals surface area contributed by atoms with Crippen molar-refractivity contribution in [1.82, 2.24) is 5.32 Å². The second-order valence-electron chi connectivity index (χ2n) is 5.96. The predicted molar refractivity (Wildman–Crippen MR) is 85.6 cm³/mol. The zero-order chi connectivity index (χ0) is 14.5. The molecule has 1 fully saturated rings. The molecule has 1 saturated carbocycles. The molecule has 0 saturated heterocycles. The Hall–Kier alpha value is -0.730. The SMILES string of the molecule is CCNC(C)c1cc(Cl)ccc1OC1CCC(C)CC1. The van der Waals surface area contributed by atoms with Crippen LogP contribution in [0.25, 0.3) is 0 Å². The fraction of sp³-hybridized carbons (Fsp3) is 0.647. The van der Waals surface area contributed by atoms with Gasteiger partial charge in [-0.1, -0.05) is 25.4 Å². The van der Waals surface area contributed by atoms with Gasteiger partial charge in [-0.2, -0.15) is 0 Å². The number of nitrogens with one attached hydrogen (secondary N) is 1. The van der Waals surface area contributed by atoms with Gasteiger partial charge >= 0.3 is 0 Å². The third kappa shape index (κ3) is 4.13. The minimum atomic E-state index is 0.260. The topological polar surface area (TPSA) is 21.3 Å². The highest BCUT2D eigenvalue weighted by Gasteiger charge is 2.21. The summed E-state index contributed by atoms with van der Waals surface area (Å²) in [6.45, 7) is 7.54. The molecule has 0 radical (unpaired) electrons. The van der Waals surface area contributed by atoms with Gasteiger partial charge in [0.1, 0.15) is 5.75 Å². The summed E-state index contributed by atoms with van der Waals surface area (Å²) in [4.78, 5) is 0. The number of benzene rings is 1. The molecule has 0 amide bonds. The predicted octanol–water partition coefficient (Wildman–Crippen LogP) is 4.97. The molecule has 1 aliphatic rings. The van der Waals surface area contributed by atoms with Gasteiger partial charge in [-0.25, -0.2) is 0 Å². The zero-order valence-corrected chi connectivity index (χ0v) is 13.5. The molecular weight excluding hydrogens is 270 g/mol. The Morgan fingerprint density at radius 2 is 2.00 bits per heavy atom. The van der Waals surface area contributed by atoms with Crippen molar-refractivity contribution in [2.45, 2.75) is 58.6 Å². The van der Waals surface area contributed by atoms with E-state index in [9.17, 15) is 0 Å².